The molecule has 7 heteroatoms. The molecule has 18 heavy (non-hydrogen) atoms. The summed E-state index contributed by atoms with van der Waals surface area (Å²) in [6.07, 6.45) is 3.05. The maximum atomic E-state index is 11.8. The number of amides is 2. The Balaban J connectivity index is 1.57. The largest absolute Gasteiger partial charge is 0.347 e. The molecule has 1 aromatic rings. The lowest BCUT2D eigenvalue weighted by atomic mass is 10.2. The van der Waals surface area contributed by atoms with Gasteiger partial charge in [0.2, 0.25) is 11.8 Å². The van der Waals surface area contributed by atoms with Crippen LogP contribution in [0.1, 0.15) is 30.9 Å². The molecule has 2 N–H and O–H groups in total. The number of nitrogens with zero attached hydrogens (tertiary/aromatic N) is 3. The quantitative estimate of drug-likeness (QED) is 0.728. The standard InChI is InChI=1S/C11H15N5O2/c17-10-4-3-7(13-10)11(18)12-6-9-15-14-8-2-1-5-16(8)9/h7H,1-6H2,(H,12,18)(H,13,17). The van der Waals surface area contributed by atoms with Crippen LogP contribution in [-0.2, 0) is 29.1 Å². The number of aryl methyl sites for hydroxylation is 1. The fraction of sp³-hybridized carbons (Fsp3) is 0.636. The Morgan fingerprint density at radius 2 is 2.33 bits per heavy atom. The van der Waals surface area contributed by atoms with Gasteiger partial charge in [-0.1, -0.05) is 0 Å². The van der Waals surface area contributed by atoms with Crippen LogP contribution >= 0.6 is 0 Å². The van der Waals surface area contributed by atoms with Gasteiger partial charge in [0.15, 0.2) is 5.82 Å². The van der Waals surface area contributed by atoms with E-state index in [1.165, 1.54) is 0 Å². The second-order valence-electron chi connectivity index (χ2n) is 4.66. The minimum Gasteiger partial charge on any atom is -0.347 e. The smallest absolute Gasteiger partial charge is 0.242 e. The number of hydrogen-bond acceptors (Lipinski definition) is 4. The van der Waals surface area contributed by atoms with Crippen molar-refractivity contribution >= 4 is 11.8 Å². The van der Waals surface area contributed by atoms with Crippen molar-refractivity contribution in [1.29, 1.82) is 0 Å². The first-order valence-corrected chi connectivity index (χ1v) is 6.22. The summed E-state index contributed by atoms with van der Waals surface area (Å²) in [4.78, 5) is 22.8. The molecule has 0 aliphatic carbocycles. The van der Waals surface area contributed by atoms with Crippen LogP contribution in [0.25, 0.3) is 0 Å². The van der Waals surface area contributed by atoms with Crippen molar-refractivity contribution in [2.45, 2.75) is 44.8 Å². The van der Waals surface area contributed by atoms with E-state index in [-0.39, 0.29) is 11.8 Å². The molecule has 2 aliphatic heterocycles. The average molecular weight is 249 g/mol. The highest BCUT2D eigenvalue weighted by Crippen LogP contribution is 2.14. The lowest BCUT2D eigenvalue weighted by Gasteiger charge is -2.10. The number of carbonyl (C=O) groups is 2. The molecule has 0 saturated carbocycles. The maximum Gasteiger partial charge on any atom is 0.242 e. The van der Waals surface area contributed by atoms with Crippen LogP contribution in [0, 0.1) is 0 Å². The van der Waals surface area contributed by atoms with E-state index in [9.17, 15) is 9.59 Å². The average Bonchev–Trinajstić information content (AvgIpc) is 3.02. The third-order valence-electron chi connectivity index (χ3n) is 3.42. The molecule has 2 amide bonds. The molecule has 0 aromatic carbocycles. The van der Waals surface area contributed by atoms with Gasteiger partial charge in [0, 0.05) is 19.4 Å². The Morgan fingerprint density at radius 1 is 1.44 bits per heavy atom. The topological polar surface area (TPSA) is 88.9 Å². The zero-order valence-electron chi connectivity index (χ0n) is 9.98. The molecule has 1 fully saturated rings. The van der Waals surface area contributed by atoms with Crippen molar-refractivity contribution in [2.24, 2.45) is 0 Å². The fourth-order valence-corrected chi connectivity index (χ4v) is 2.44. The molecule has 1 aromatic heterocycles. The van der Waals surface area contributed by atoms with Crippen molar-refractivity contribution in [2.75, 3.05) is 0 Å². The van der Waals surface area contributed by atoms with Crippen LogP contribution in [0.4, 0.5) is 0 Å². The van der Waals surface area contributed by atoms with Gasteiger partial charge < -0.3 is 15.2 Å². The van der Waals surface area contributed by atoms with E-state index in [2.05, 4.69) is 20.8 Å². The van der Waals surface area contributed by atoms with Gasteiger partial charge in [0.05, 0.1) is 6.54 Å². The van der Waals surface area contributed by atoms with E-state index in [1.807, 2.05) is 4.57 Å². The first-order valence-electron chi connectivity index (χ1n) is 6.22. The first kappa shape index (κ1) is 11.2. The summed E-state index contributed by atoms with van der Waals surface area (Å²) in [5.74, 6) is 1.59. The van der Waals surface area contributed by atoms with Gasteiger partial charge >= 0.3 is 0 Å². The van der Waals surface area contributed by atoms with Gasteiger partial charge in [0.1, 0.15) is 11.9 Å². The van der Waals surface area contributed by atoms with Gasteiger partial charge in [-0.05, 0) is 12.8 Å². The SMILES string of the molecule is O=C1CCC(C(=O)NCc2nnc3n2CCC3)N1. The zero-order chi connectivity index (χ0) is 12.5. The Kier molecular flexibility index (Phi) is 2.73. The van der Waals surface area contributed by atoms with Crippen LogP contribution in [0.5, 0.6) is 0 Å². The summed E-state index contributed by atoms with van der Waals surface area (Å²) in [5, 5.41) is 13.6. The third kappa shape index (κ3) is 1.96. The number of hydrogen-bond donors (Lipinski definition) is 2. The number of fused-ring (bicyclic) bond motifs is 1. The number of rotatable bonds is 3. The Morgan fingerprint density at radius 3 is 3.11 bits per heavy atom. The molecule has 0 spiro atoms. The van der Waals surface area contributed by atoms with Crippen LogP contribution in [0.15, 0.2) is 0 Å². The van der Waals surface area contributed by atoms with Crippen molar-refractivity contribution < 1.29 is 9.59 Å². The molecule has 0 radical (unpaired) electrons. The van der Waals surface area contributed by atoms with E-state index < -0.39 is 6.04 Å². The maximum absolute atomic E-state index is 11.8. The molecular weight excluding hydrogens is 234 g/mol. The van der Waals surface area contributed by atoms with Crippen molar-refractivity contribution in [1.82, 2.24) is 25.4 Å². The molecule has 96 valence electrons. The molecule has 1 unspecified atom stereocenters. The van der Waals surface area contributed by atoms with E-state index in [1.54, 1.807) is 0 Å². The van der Waals surface area contributed by atoms with E-state index in [0.29, 0.717) is 19.4 Å². The zero-order valence-corrected chi connectivity index (χ0v) is 9.98. The van der Waals surface area contributed by atoms with Gasteiger partial charge in [-0.2, -0.15) is 0 Å². The fourth-order valence-electron chi connectivity index (χ4n) is 2.44. The lowest BCUT2D eigenvalue weighted by Crippen LogP contribution is -2.41. The molecule has 7 nitrogen and oxygen atoms in total. The third-order valence-corrected chi connectivity index (χ3v) is 3.42. The minimum absolute atomic E-state index is 0.0569. The predicted molar refractivity (Wildman–Crippen MR) is 61.4 cm³/mol. The highest BCUT2D eigenvalue weighted by Gasteiger charge is 2.27. The molecule has 3 heterocycles. The molecular formula is C11H15N5O2. The van der Waals surface area contributed by atoms with E-state index in [0.717, 1.165) is 31.0 Å². The molecule has 2 aliphatic rings. The summed E-state index contributed by atoms with van der Waals surface area (Å²) in [6.45, 7) is 1.30. The highest BCUT2D eigenvalue weighted by molar-refractivity contribution is 5.90. The normalized spacial score (nSPS) is 21.8. The Hall–Kier alpha value is -1.92. The Labute approximate surface area is 104 Å². The number of aromatic nitrogens is 3. The van der Waals surface area contributed by atoms with Crippen molar-refractivity contribution in [3.8, 4) is 0 Å². The summed E-state index contributed by atoms with van der Waals surface area (Å²) in [5.41, 5.74) is 0. The minimum atomic E-state index is -0.390. The molecule has 3 rings (SSSR count). The summed E-state index contributed by atoms with van der Waals surface area (Å²) >= 11 is 0. The molecule has 1 saturated heterocycles. The highest BCUT2D eigenvalue weighted by atomic mass is 16.2. The molecule has 0 bridgehead atoms. The Bertz CT molecular complexity index is 496. The summed E-state index contributed by atoms with van der Waals surface area (Å²) in [6, 6.07) is -0.390. The van der Waals surface area contributed by atoms with Gasteiger partial charge in [0.25, 0.3) is 0 Å². The van der Waals surface area contributed by atoms with Crippen molar-refractivity contribution in [3.05, 3.63) is 11.6 Å². The second-order valence-corrected chi connectivity index (χ2v) is 4.66. The number of nitrogens with one attached hydrogen (secondary N) is 2. The van der Waals surface area contributed by atoms with E-state index in [4.69, 9.17) is 0 Å². The van der Waals surface area contributed by atoms with Gasteiger partial charge in [-0.3, -0.25) is 9.59 Å². The summed E-state index contributed by atoms with van der Waals surface area (Å²) < 4.78 is 2.05. The molecule has 1 atom stereocenters. The van der Waals surface area contributed by atoms with Gasteiger partial charge in [-0.15, -0.1) is 10.2 Å². The summed E-state index contributed by atoms with van der Waals surface area (Å²) in [7, 11) is 0. The van der Waals surface area contributed by atoms with Crippen LogP contribution in [0.3, 0.4) is 0 Å². The van der Waals surface area contributed by atoms with Gasteiger partial charge in [-0.25, -0.2) is 0 Å². The second kappa shape index (κ2) is 4.40. The first-order chi connectivity index (χ1) is 8.74. The lowest BCUT2D eigenvalue weighted by molar-refractivity contribution is -0.125. The van der Waals surface area contributed by atoms with Crippen LogP contribution in [0.2, 0.25) is 0 Å². The predicted octanol–water partition coefficient (Wildman–Crippen LogP) is -0.881. The van der Waals surface area contributed by atoms with Crippen LogP contribution < -0.4 is 10.6 Å². The number of carbonyl (C=O) groups excluding carboxylic acids is 2. The monoisotopic (exact) mass is 249 g/mol. The van der Waals surface area contributed by atoms with Crippen LogP contribution in [-0.4, -0.2) is 32.6 Å². The van der Waals surface area contributed by atoms with E-state index >= 15 is 0 Å². The van der Waals surface area contributed by atoms with Crippen molar-refractivity contribution in [3.63, 3.8) is 0 Å².